The molecule has 8 heteroatoms. The average molecular weight is 423 g/mol. The number of nitrogens with one attached hydrogen (secondary N) is 1. The van der Waals surface area contributed by atoms with Gasteiger partial charge in [-0.2, -0.15) is 0 Å². The Morgan fingerprint density at radius 1 is 1.17 bits per heavy atom. The fourth-order valence-electron chi connectivity index (χ4n) is 3.73. The van der Waals surface area contributed by atoms with Gasteiger partial charge in [0.2, 0.25) is 5.91 Å². The van der Waals surface area contributed by atoms with Crippen LogP contribution >= 0.6 is 11.3 Å². The van der Waals surface area contributed by atoms with Crippen LogP contribution in [0.15, 0.2) is 60.4 Å². The predicted molar refractivity (Wildman–Crippen MR) is 114 cm³/mol. The number of phenols is 1. The molecule has 0 aliphatic heterocycles. The fourth-order valence-corrected chi connectivity index (χ4v) is 4.54. The molecule has 1 saturated carbocycles. The smallest absolute Gasteiger partial charge is 0.279 e. The van der Waals surface area contributed by atoms with Gasteiger partial charge in [-0.3, -0.25) is 19.5 Å². The van der Waals surface area contributed by atoms with Gasteiger partial charge in [0.05, 0.1) is 6.20 Å². The molecule has 4 rings (SSSR count). The van der Waals surface area contributed by atoms with E-state index in [2.05, 4.69) is 15.3 Å². The Bertz CT molecular complexity index is 1000. The minimum atomic E-state index is -0.887. The molecule has 0 bridgehead atoms. The lowest BCUT2D eigenvalue weighted by Crippen LogP contribution is -2.46. The van der Waals surface area contributed by atoms with Crippen LogP contribution in [0.2, 0.25) is 0 Å². The molecule has 1 aliphatic rings. The van der Waals surface area contributed by atoms with Crippen LogP contribution in [-0.2, 0) is 4.79 Å². The number of carbonyl (C=O) groups is 2. The van der Waals surface area contributed by atoms with Crippen LogP contribution in [0, 0.1) is 0 Å². The van der Waals surface area contributed by atoms with Gasteiger partial charge in [0.25, 0.3) is 5.91 Å². The number of phenolic OH excluding ortho intramolecular Hbond substituents is 1. The quantitative estimate of drug-likeness (QED) is 0.632. The maximum atomic E-state index is 13.5. The summed E-state index contributed by atoms with van der Waals surface area (Å²) in [6.45, 7) is 0. The molecule has 2 aromatic heterocycles. The third-order valence-electron chi connectivity index (χ3n) is 5.13. The van der Waals surface area contributed by atoms with Crippen molar-refractivity contribution in [1.82, 2.24) is 15.3 Å². The van der Waals surface area contributed by atoms with Gasteiger partial charge in [-0.15, -0.1) is 11.3 Å². The topological polar surface area (TPSA) is 95.4 Å². The Hall–Kier alpha value is -3.26. The number of carbonyl (C=O) groups excluding carboxylic acids is 2. The van der Waals surface area contributed by atoms with E-state index in [1.165, 1.54) is 47.0 Å². The number of rotatable bonds is 6. The van der Waals surface area contributed by atoms with Gasteiger partial charge in [-0.05, 0) is 36.4 Å². The monoisotopic (exact) mass is 422 g/mol. The minimum absolute atomic E-state index is 0.00516. The highest BCUT2D eigenvalue weighted by atomic mass is 32.1. The van der Waals surface area contributed by atoms with Gasteiger partial charge in [0, 0.05) is 35.1 Å². The lowest BCUT2D eigenvalue weighted by atomic mass is 10.1. The summed E-state index contributed by atoms with van der Waals surface area (Å²) in [6.07, 6.45) is 8.34. The van der Waals surface area contributed by atoms with Crippen molar-refractivity contribution in [2.45, 2.75) is 37.8 Å². The number of amides is 2. The SMILES string of the molecule is O=C(NC1CCCC1)C(c1cccs1)N(C(=O)c1cnccn1)c1cccc(O)c1. The van der Waals surface area contributed by atoms with Crippen LogP contribution in [0.5, 0.6) is 5.75 Å². The maximum Gasteiger partial charge on any atom is 0.279 e. The summed E-state index contributed by atoms with van der Waals surface area (Å²) >= 11 is 1.40. The highest BCUT2D eigenvalue weighted by molar-refractivity contribution is 7.10. The second-order valence-corrected chi connectivity index (χ2v) is 8.17. The summed E-state index contributed by atoms with van der Waals surface area (Å²) in [6, 6.07) is 9.23. The molecule has 2 N–H and O–H groups in total. The maximum absolute atomic E-state index is 13.5. The summed E-state index contributed by atoms with van der Waals surface area (Å²) in [7, 11) is 0. The zero-order valence-electron chi connectivity index (χ0n) is 16.3. The van der Waals surface area contributed by atoms with Crippen molar-refractivity contribution >= 4 is 28.8 Å². The van der Waals surface area contributed by atoms with Crippen LogP contribution in [0.25, 0.3) is 0 Å². The Morgan fingerprint density at radius 2 is 2.00 bits per heavy atom. The highest BCUT2D eigenvalue weighted by Crippen LogP contribution is 2.33. The molecule has 1 fully saturated rings. The van der Waals surface area contributed by atoms with E-state index in [0.717, 1.165) is 30.6 Å². The third kappa shape index (κ3) is 4.33. The van der Waals surface area contributed by atoms with Gasteiger partial charge < -0.3 is 10.4 Å². The molecule has 0 saturated heterocycles. The Labute approximate surface area is 178 Å². The molecule has 2 amide bonds. The molecule has 7 nitrogen and oxygen atoms in total. The molecule has 0 radical (unpaired) electrons. The van der Waals surface area contributed by atoms with E-state index in [4.69, 9.17) is 0 Å². The normalized spacial score (nSPS) is 14.9. The molecule has 0 spiro atoms. The molecule has 1 unspecified atom stereocenters. The summed E-state index contributed by atoms with van der Waals surface area (Å²) < 4.78 is 0. The van der Waals surface area contributed by atoms with E-state index in [-0.39, 0.29) is 23.4 Å². The number of anilines is 1. The minimum Gasteiger partial charge on any atom is -0.508 e. The van der Waals surface area contributed by atoms with Crippen LogP contribution in [-0.4, -0.2) is 32.9 Å². The van der Waals surface area contributed by atoms with E-state index >= 15 is 0 Å². The van der Waals surface area contributed by atoms with Gasteiger partial charge in [0.1, 0.15) is 11.4 Å². The Kier molecular flexibility index (Phi) is 6.04. The lowest BCUT2D eigenvalue weighted by Gasteiger charge is -2.31. The number of thiophene rings is 1. The summed E-state index contributed by atoms with van der Waals surface area (Å²) in [5.74, 6) is -0.704. The zero-order valence-corrected chi connectivity index (χ0v) is 17.1. The van der Waals surface area contributed by atoms with Crippen molar-refractivity contribution in [1.29, 1.82) is 0 Å². The fraction of sp³-hybridized carbons (Fsp3) is 0.273. The highest BCUT2D eigenvalue weighted by Gasteiger charge is 2.36. The van der Waals surface area contributed by atoms with Gasteiger partial charge in [0.15, 0.2) is 6.04 Å². The van der Waals surface area contributed by atoms with E-state index in [1.807, 2.05) is 17.5 Å². The number of hydrogen-bond acceptors (Lipinski definition) is 6. The second kappa shape index (κ2) is 9.04. The molecule has 1 aromatic carbocycles. The van der Waals surface area contributed by atoms with E-state index < -0.39 is 11.9 Å². The molecule has 2 heterocycles. The van der Waals surface area contributed by atoms with Gasteiger partial charge in [-0.25, -0.2) is 4.98 Å². The first-order valence-electron chi connectivity index (χ1n) is 9.86. The average Bonchev–Trinajstić information content (AvgIpc) is 3.46. The first kappa shape index (κ1) is 20.0. The summed E-state index contributed by atoms with van der Waals surface area (Å²) in [5.41, 5.74) is 0.529. The van der Waals surface area contributed by atoms with Crippen molar-refractivity contribution in [3.05, 3.63) is 70.9 Å². The molecule has 1 aliphatic carbocycles. The number of nitrogens with zero attached hydrogens (tertiary/aromatic N) is 3. The molecule has 3 aromatic rings. The number of hydrogen-bond donors (Lipinski definition) is 2. The van der Waals surface area contributed by atoms with Gasteiger partial charge in [-0.1, -0.05) is 25.0 Å². The molecule has 154 valence electrons. The number of aromatic hydroxyl groups is 1. The first-order chi connectivity index (χ1) is 14.6. The molecular weight excluding hydrogens is 400 g/mol. The predicted octanol–water partition coefficient (Wildman–Crippen LogP) is 3.69. The lowest BCUT2D eigenvalue weighted by molar-refractivity contribution is -0.123. The standard InChI is InChI=1S/C22H22N4O3S/c27-17-8-3-7-16(13-17)26(22(29)18-14-23-10-11-24-18)20(19-9-4-12-30-19)21(28)25-15-5-1-2-6-15/h3-4,7-15,20,27H,1-2,5-6H2,(H,25,28). The van der Waals surface area contributed by atoms with E-state index in [1.54, 1.807) is 12.1 Å². The van der Waals surface area contributed by atoms with Crippen molar-refractivity contribution < 1.29 is 14.7 Å². The summed E-state index contributed by atoms with van der Waals surface area (Å²) in [4.78, 5) is 37.2. The van der Waals surface area contributed by atoms with Crippen LogP contribution < -0.4 is 10.2 Å². The van der Waals surface area contributed by atoms with Gasteiger partial charge >= 0.3 is 0 Å². The van der Waals surface area contributed by atoms with Crippen molar-refractivity contribution in [3.63, 3.8) is 0 Å². The molecular formula is C22H22N4O3S. The van der Waals surface area contributed by atoms with E-state index in [9.17, 15) is 14.7 Å². The second-order valence-electron chi connectivity index (χ2n) is 7.19. The Morgan fingerprint density at radius 3 is 2.67 bits per heavy atom. The number of benzene rings is 1. The Balaban J connectivity index is 1.78. The van der Waals surface area contributed by atoms with Crippen LogP contribution in [0.4, 0.5) is 5.69 Å². The van der Waals surface area contributed by atoms with E-state index in [0.29, 0.717) is 5.69 Å². The molecule has 1 atom stereocenters. The first-order valence-corrected chi connectivity index (χ1v) is 10.7. The largest absolute Gasteiger partial charge is 0.508 e. The van der Waals surface area contributed by atoms with Crippen molar-refractivity contribution in [2.75, 3.05) is 4.90 Å². The third-order valence-corrected chi connectivity index (χ3v) is 6.05. The zero-order chi connectivity index (χ0) is 20.9. The number of aromatic nitrogens is 2. The summed E-state index contributed by atoms with van der Waals surface area (Å²) in [5, 5.41) is 15.0. The molecule has 30 heavy (non-hydrogen) atoms. The van der Waals surface area contributed by atoms with Crippen LogP contribution in [0.3, 0.4) is 0 Å². The van der Waals surface area contributed by atoms with Crippen molar-refractivity contribution in [2.24, 2.45) is 0 Å². The van der Waals surface area contributed by atoms with Crippen molar-refractivity contribution in [3.8, 4) is 5.75 Å². The van der Waals surface area contributed by atoms with Crippen LogP contribution in [0.1, 0.15) is 47.1 Å².